The molecular weight excluding hydrogens is 349 g/mol. The quantitative estimate of drug-likeness (QED) is 0.464. The molecule has 0 aliphatic rings. The molecule has 1 heterocycles. The Hall–Kier alpha value is -3.42. The second-order valence-electron chi connectivity index (χ2n) is 5.29. The van der Waals surface area contributed by atoms with Crippen LogP contribution in [-0.2, 0) is 0 Å². The summed E-state index contributed by atoms with van der Waals surface area (Å²) in [5.41, 5.74) is -1.56. The highest BCUT2D eigenvalue weighted by atomic mass is 19.4. The van der Waals surface area contributed by atoms with Crippen LogP contribution >= 0.6 is 0 Å². The van der Waals surface area contributed by atoms with Crippen molar-refractivity contribution in [2.45, 2.75) is 6.18 Å². The molecule has 0 fully saturated rings. The van der Waals surface area contributed by atoms with Gasteiger partial charge in [0.1, 0.15) is 0 Å². The molecule has 1 aromatic heterocycles. The van der Waals surface area contributed by atoms with Gasteiger partial charge in [0.05, 0.1) is 10.5 Å². The van der Waals surface area contributed by atoms with E-state index in [4.69, 9.17) is 4.52 Å². The molecule has 0 saturated heterocycles. The van der Waals surface area contributed by atoms with E-state index in [1.165, 1.54) is 24.3 Å². The Labute approximate surface area is 145 Å². The lowest BCUT2D eigenvalue weighted by molar-refractivity contribution is -0.384. The summed E-state index contributed by atoms with van der Waals surface area (Å²) in [5.74, 6) is -0.565. The fraction of sp³-hybridized carbons (Fsp3) is 0.0556. The zero-order valence-electron chi connectivity index (χ0n) is 13.1. The van der Waals surface area contributed by atoms with E-state index in [9.17, 15) is 23.3 Å². The number of alkyl halides is 3. The molecule has 0 atom stereocenters. The van der Waals surface area contributed by atoms with Crippen LogP contribution in [-0.4, -0.2) is 16.3 Å². The van der Waals surface area contributed by atoms with Crippen LogP contribution in [0.2, 0.25) is 0 Å². The molecule has 0 aliphatic heterocycles. The number of halogens is 3. The fourth-order valence-electron chi connectivity index (χ4n) is 2.43. The number of hydrogen-bond acceptors (Lipinski definition) is 4. The predicted octanol–water partition coefficient (Wildman–Crippen LogP) is 5.35. The van der Waals surface area contributed by atoms with Crippen LogP contribution in [0.4, 0.5) is 18.9 Å². The first kappa shape index (κ1) is 17.4. The van der Waals surface area contributed by atoms with Gasteiger partial charge in [0.2, 0.25) is 5.76 Å². The van der Waals surface area contributed by atoms with Crippen molar-refractivity contribution in [2.24, 2.45) is 0 Å². The molecule has 0 amide bonds. The Morgan fingerprint density at radius 2 is 1.62 bits per heavy atom. The lowest BCUT2D eigenvalue weighted by Crippen LogP contribution is -2.10. The third-order valence-electron chi connectivity index (χ3n) is 3.59. The third-order valence-corrected chi connectivity index (χ3v) is 3.59. The molecule has 3 aromatic rings. The average Bonchev–Trinajstić information content (AvgIpc) is 3.04. The molecule has 3 rings (SSSR count). The minimum Gasteiger partial charge on any atom is -0.349 e. The van der Waals surface area contributed by atoms with E-state index in [0.29, 0.717) is 11.6 Å². The highest BCUT2D eigenvalue weighted by Crippen LogP contribution is 2.39. The normalized spacial score (nSPS) is 12.2. The minimum absolute atomic E-state index is 0.128. The number of nitro groups is 1. The predicted molar refractivity (Wildman–Crippen MR) is 89.0 cm³/mol. The van der Waals surface area contributed by atoms with Gasteiger partial charge in [-0.2, -0.15) is 13.2 Å². The number of benzene rings is 2. The van der Waals surface area contributed by atoms with Gasteiger partial charge in [-0.05, 0) is 5.56 Å². The van der Waals surface area contributed by atoms with Crippen LogP contribution in [0, 0.1) is 10.1 Å². The maximum atomic E-state index is 13.5. The highest BCUT2D eigenvalue weighted by molar-refractivity contribution is 5.87. The van der Waals surface area contributed by atoms with Crippen molar-refractivity contribution in [3.05, 3.63) is 82.1 Å². The summed E-state index contributed by atoms with van der Waals surface area (Å²) in [6.45, 7) is 0. The molecule has 0 radical (unpaired) electrons. The summed E-state index contributed by atoms with van der Waals surface area (Å²) in [4.78, 5) is 10.6. The second kappa shape index (κ2) is 6.83. The van der Waals surface area contributed by atoms with Crippen molar-refractivity contribution in [3.8, 4) is 11.3 Å². The van der Waals surface area contributed by atoms with Gasteiger partial charge in [-0.15, -0.1) is 0 Å². The summed E-state index contributed by atoms with van der Waals surface area (Å²) in [5, 5.41) is 15.0. The van der Waals surface area contributed by atoms with E-state index in [-0.39, 0.29) is 11.3 Å². The molecule has 132 valence electrons. The van der Waals surface area contributed by atoms with Crippen molar-refractivity contribution < 1.29 is 22.6 Å². The summed E-state index contributed by atoms with van der Waals surface area (Å²) in [7, 11) is 0. The van der Waals surface area contributed by atoms with E-state index < -0.39 is 28.1 Å². The molecular formula is C18H11F3N2O3. The Bertz CT molecular complexity index is 949. The summed E-state index contributed by atoms with van der Waals surface area (Å²) >= 11 is 0. The Morgan fingerprint density at radius 1 is 1.04 bits per heavy atom. The topological polar surface area (TPSA) is 69.2 Å². The van der Waals surface area contributed by atoms with Crippen molar-refractivity contribution >= 4 is 17.3 Å². The lowest BCUT2D eigenvalue weighted by Gasteiger charge is -2.11. The van der Waals surface area contributed by atoms with Crippen LogP contribution in [0.15, 0.2) is 65.2 Å². The van der Waals surface area contributed by atoms with E-state index in [0.717, 1.165) is 0 Å². The first-order valence-electron chi connectivity index (χ1n) is 7.41. The first-order valence-corrected chi connectivity index (χ1v) is 7.41. The average molecular weight is 360 g/mol. The number of aromatic nitrogens is 1. The summed E-state index contributed by atoms with van der Waals surface area (Å²) in [6.07, 6.45) is -4.12. The zero-order valence-corrected chi connectivity index (χ0v) is 13.1. The summed E-state index contributed by atoms with van der Waals surface area (Å²) in [6, 6.07) is 15.1. The zero-order chi connectivity index (χ0) is 18.7. The second-order valence-corrected chi connectivity index (χ2v) is 5.29. The molecule has 0 saturated carbocycles. The molecule has 0 aliphatic carbocycles. The van der Waals surface area contributed by atoms with Crippen molar-refractivity contribution in [1.29, 1.82) is 0 Å². The SMILES string of the molecule is O=[N+]([O-])c1c(-c2ccccc2)noc1C=C(c1ccccc1)C(F)(F)F. The van der Waals surface area contributed by atoms with Gasteiger partial charge < -0.3 is 4.52 Å². The van der Waals surface area contributed by atoms with Gasteiger partial charge >= 0.3 is 11.9 Å². The largest absolute Gasteiger partial charge is 0.417 e. The Balaban J connectivity index is 2.18. The number of rotatable bonds is 4. The number of nitrogens with zero attached hydrogens (tertiary/aromatic N) is 2. The van der Waals surface area contributed by atoms with Gasteiger partial charge in [-0.25, -0.2) is 0 Å². The van der Waals surface area contributed by atoms with E-state index in [1.54, 1.807) is 36.4 Å². The lowest BCUT2D eigenvalue weighted by atomic mass is 10.0. The van der Waals surface area contributed by atoms with Gasteiger partial charge in [0, 0.05) is 11.6 Å². The maximum absolute atomic E-state index is 13.5. The highest BCUT2D eigenvalue weighted by Gasteiger charge is 2.37. The van der Waals surface area contributed by atoms with Crippen molar-refractivity contribution in [2.75, 3.05) is 0 Å². The fourth-order valence-corrected chi connectivity index (χ4v) is 2.43. The molecule has 0 unspecified atom stereocenters. The molecule has 5 nitrogen and oxygen atoms in total. The molecule has 2 aromatic carbocycles. The van der Waals surface area contributed by atoms with E-state index in [1.807, 2.05) is 0 Å². The standard InChI is InChI=1S/C18H11F3N2O3/c19-18(20,21)14(12-7-3-1-4-8-12)11-15-17(23(24)25)16(22-26-15)13-9-5-2-6-10-13/h1-11H. The van der Waals surface area contributed by atoms with Crippen LogP contribution in [0.5, 0.6) is 0 Å². The molecule has 26 heavy (non-hydrogen) atoms. The minimum atomic E-state index is -4.73. The van der Waals surface area contributed by atoms with Gasteiger partial charge in [0.15, 0.2) is 5.69 Å². The summed E-state index contributed by atoms with van der Waals surface area (Å²) < 4.78 is 45.3. The molecule has 8 heteroatoms. The van der Waals surface area contributed by atoms with Gasteiger partial charge in [-0.3, -0.25) is 10.1 Å². The first-order chi connectivity index (χ1) is 12.4. The van der Waals surface area contributed by atoms with Crippen molar-refractivity contribution in [1.82, 2.24) is 5.16 Å². The van der Waals surface area contributed by atoms with E-state index in [2.05, 4.69) is 5.16 Å². The Morgan fingerprint density at radius 3 is 2.15 bits per heavy atom. The van der Waals surface area contributed by atoms with Crippen LogP contribution in [0.3, 0.4) is 0 Å². The maximum Gasteiger partial charge on any atom is 0.417 e. The molecule has 0 spiro atoms. The molecule has 0 N–H and O–H groups in total. The van der Waals surface area contributed by atoms with E-state index >= 15 is 0 Å². The smallest absolute Gasteiger partial charge is 0.349 e. The number of allylic oxidation sites excluding steroid dienone is 1. The van der Waals surface area contributed by atoms with Crippen LogP contribution in [0.1, 0.15) is 11.3 Å². The third kappa shape index (κ3) is 3.49. The van der Waals surface area contributed by atoms with Gasteiger partial charge in [-0.1, -0.05) is 65.8 Å². The van der Waals surface area contributed by atoms with Crippen LogP contribution < -0.4 is 0 Å². The number of hydrogen-bond donors (Lipinski definition) is 0. The molecule has 0 bridgehead atoms. The van der Waals surface area contributed by atoms with Gasteiger partial charge in [0.25, 0.3) is 0 Å². The van der Waals surface area contributed by atoms with Crippen LogP contribution in [0.25, 0.3) is 22.9 Å². The monoisotopic (exact) mass is 360 g/mol. The Kier molecular flexibility index (Phi) is 4.57. The van der Waals surface area contributed by atoms with Crippen molar-refractivity contribution in [3.63, 3.8) is 0 Å².